The highest BCUT2D eigenvalue weighted by atomic mass is 16.2. The van der Waals surface area contributed by atoms with E-state index < -0.39 is 30.3 Å². The Balaban J connectivity index is 1.66. The van der Waals surface area contributed by atoms with Crippen LogP contribution in [0.5, 0.6) is 0 Å². The zero-order valence-corrected chi connectivity index (χ0v) is 17.5. The summed E-state index contributed by atoms with van der Waals surface area (Å²) in [5, 5.41) is 2.69. The van der Waals surface area contributed by atoms with Crippen LogP contribution in [0.25, 0.3) is 0 Å². The van der Waals surface area contributed by atoms with Crippen LogP contribution in [-0.2, 0) is 19.8 Å². The van der Waals surface area contributed by atoms with Gasteiger partial charge in [-0.15, -0.1) is 0 Å². The van der Waals surface area contributed by atoms with Crippen molar-refractivity contribution in [2.75, 3.05) is 11.9 Å². The largest absolute Gasteiger partial charge is 0.334 e. The maximum atomic E-state index is 12.7. The first-order chi connectivity index (χ1) is 13.6. The van der Waals surface area contributed by atoms with Crippen LogP contribution in [0.15, 0.2) is 24.3 Å². The standard InChI is InChI=1S/C22H29N3O4/c1-14-7-5-6-8-17(14)25-20(28)19(27)24(21(25)29)13-18(26)23-16-11-9-15(10-12-16)22(2,3)4/h9-12,14,17H,5-8,13H2,1-4H3,(H,23,26)/t14-,17-/m0/s1. The average Bonchev–Trinajstić information content (AvgIpc) is 2.85. The van der Waals surface area contributed by atoms with Crippen molar-refractivity contribution in [3.05, 3.63) is 29.8 Å². The van der Waals surface area contributed by atoms with E-state index in [2.05, 4.69) is 26.1 Å². The molecule has 0 unspecified atom stereocenters. The van der Waals surface area contributed by atoms with E-state index in [-0.39, 0.29) is 17.4 Å². The number of urea groups is 1. The van der Waals surface area contributed by atoms with Crippen molar-refractivity contribution in [1.29, 1.82) is 0 Å². The summed E-state index contributed by atoms with van der Waals surface area (Å²) in [6.45, 7) is 7.82. The van der Waals surface area contributed by atoms with Gasteiger partial charge in [-0.25, -0.2) is 9.69 Å². The zero-order chi connectivity index (χ0) is 21.3. The first-order valence-electron chi connectivity index (χ1n) is 10.2. The van der Waals surface area contributed by atoms with Gasteiger partial charge in [0.2, 0.25) is 5.91 Å². The Bertz CT molecular complexity index is 825. The number of nitrogens with one attached hydrogen (secondary N) is 1. The number of benzene rings is 1. The van der Waals surface area contributed by atoms with Crippen molar-refractivity contribution in [2.24, 2.45) is 5.92 Å². The third kappa shape index (κ3) is 4.33. The second kappa shape index (κ2) is 7.97. The Labute approximate surface area is 171 Å². The van der Waals surface area contributed by atoms with E-state index >= 15 is 0 Å². The summed E-state index contributed by atoms with van der Waals surface area (Å²) in [5.41, 5.74) is 1.70. The lowest BCUT2D eigenvalue weighted by Crippen LogP contribution is -2.46. The van der Waals surface area contributed by atoms with Crippen molar-refractivity contribution < 1.29 is 19.2 Å². The summed E-state index contributed by atoms with van der Waals surface area (Å²) in [6.07, 6.45) is 3.60. The van der Waals surface area contributed by atoms with Crippen LogP contribution >= 0.6 is 0 Å². The number of anilines is 1. The predicted molar refractivity (Wildman–Crippen MR) is 109 cm³/mol. The Morgan fingerprint density at radius 3 is 2.24 bits per heavy atom. The molecule has 1 aromatic carbocycles. The molecule has 3 rings (SSSR count). The molecule has 1 heterocycles. The third-order valence-corrected chi connectivity index (χ3v) is 5.82. The highest BCUT2D eigenvalue weighted by Crippen LogP contribution is 2.31. The molecule has 7 heteroatoms. The van der Waals surface area contributed by atoms with Gasteiger partial charge < -0.3 is 5.32 Å². The third-order valence-electron chi connectivity index (χ3n) is 5.82. The SMILES string of the molecule is C[C@H]1CCCC[C@@H]1N1C(=O)C(=O)N(CC(=O)Nc2ccc(C(C)(C)C)cc2)C1=O. The highest BCUT2D eigenvalue weighted by molar-refractivity contribution is 6.45. The molecule has 29 heavy (non-hydrogen) atoms. The fourth-order valence-corrected chi connectivity index (χ4v) is 4.03. The smallest absolute Gasteiger partial charge is 0.325 e. The van der Waals surface area contributed by atoms with Gasteiger partial charge in [0.25, 0.3) is 0 Å². The molecule has 1 saturated carbocycles. The lowest BCUT2D eigenvalue weighted by atomic mass is 9.85. The molecule has 0 spiro atoms. The van der Waals surface area contributed by atoms with E-state index in [4.69, 9.17) is 0 Å². The monoisotopic (exact) mass is 399 g/mol. The fourth-order valence-electron chi connectivity index (χ4n) is 4.03. The number of carbonyl (C=O) groups is 4. The molecule has 5 amide bonds. The quantitative estimate of drug-likeness (QED) is 0.622. The first-order valence-corrected chi connectivity index (χ1v) is 10.2. The Kier molecular flexibility index (Phi) is 5.78. The molecule has 0 bridgehead atoms. The average molecular weight is 399 g/mol. The van der Waals surface area contributed by atoms with Crippen molar-refractivity contribution in [3.63, 3.8) is 0 Å². The minimum Gasteiger partial charge on any atom is -0.325 e. The highest BCUT2D eigenvalue weighted by Gasteiger charge is 2.49. The lowest BCUT2D eigenvalue weighted by Gasteiger charge is -2.34. The van der Waals surface area contributed by atoms with Crippen molar-refractivity contribution >= 4 is 29.4 Å². The number of hydrogen-bond donors (Lipinski definition) is 1. The molecule has 7 nitrogen and oxygen atoms in total. The van der Waals surface area contributed by atoms with Crippen LogP contribution in [0.2, 0.25) is 0 Å². The number of hydrogen-bond acceptors (Lipinski definition) is 4. The number of carbonyl (C=O) groups excluding carboxylic acids is 4. The molecule has 0 radical (unpaired) electrons. The maximum Gasteiger partial charge on any atom is 0.334 e. The summed E-state index contributed by atoms with van der Waals surface area (Å²) in [6, 6.07) is 6.47. The maximum absolute atomic E-state index is 12.7. The molecule has 1 saturated heterocycles. The van der Waals surface area contributed by atoms with Crippen molar-refractivity contribution in [3.8, 4) is 0 Å². The molecule has 2 aliphatic rings. The Morgan fingerprint density at radius 1 is 1.03 bits per heavy atom. The Hall–Kier alpha value is -2.70. The molecule has 1 aromatic rings. The van der Waals surface area contributed by atoms with E-state index in [0.717, 1.165) is 34.6 Å². The van der Waals surface area contributed by atoms with E-state index in [1.54, 1.807) is 12.1 Å². The van der Waals surface area contributed by atoms with Crippen molar-refractivity contribution in [1.82, 2.24) is 9.80 Å². The van der Waals surface area contributed by atoms with Gasteiger partial charge in [-0.05, 0) is 41.9 Å². The lowest BCUT2D eigenvalue weighted by molar-refractivity contribution is -0.145. The summed E-state index contributed by atoms with van der Waals surface area (Å²) in [7, 11) is 0. The molecule has 2 fully saturated rings. The Morgan fingerprint density at radius 2 is 1.66 bits per heavy atom. The van der Waals surface area contributed by atoms with Crippen LogP contribution in [0.1, 0.15) is 58.9 Å². The van der Waals surface area contributed by atoms with Gasteiger partial charge in [-0.3, -0.25) is 19.3 Å². The molecule has 2 atom stereocenters. The van der Waals surface area contributed by atoms with Gasteiger partial charge in [0.15, 0.2) is 0 Å². The number of rotatable bonds is 4. The zero-order valence-electron chi connectivity index (χ0n) is 17.5. The van der Waals surface area contributed by atoms with Crippen LogP contribution in [0.4, 0.5) is 10.5 Å². The van der Waals surface area contributed by atoms with Crippen LogP contribution < -0.4 is 5.32 Å². The van der Waals surface area contributed by atoms with Gasteiger partial charge in [0.05, 0.1) is 0 Å². The molecule has 1 aliphatic carbocycles. The second-order valence-electron chi connectivity index (χ2n) is 9.05. The van der Waals surface area contributed by atoms with E-state index in [1.807, 2.05) is 19.1 Å². The van der Waals surface area contributed by atoms with Gasteiger partial charge in [0.1, 0.15) is 6.54 Å². The number of amides is 5. The van der Waals surface area contributed by atoms with Gasteiger partial charge in [0, 0.05) is 11.7 Å². The molecular formula is C22H29N3O4. The van der Waals surface area contributed by atoms with Crippen LogP contribution in [0.3, 0.4) is 0 Å². The van der Waals surface area contributed by atoms with Gasteiger partial charge >= 0.3 is 17.8 Å². The van der Waals surface area contributed by atoms with Gasteiger partial charge in [-0.2, -0.15) is 0 Å². The van der Waals surface area contributed by atoms with Gasteiger partial charge in [-0.1, -0.05) is 52.7 Å². The second-order valence-corrected chi connectivity index (χ2v) is 9.05. The minimum atomic E-state index is -0.925. The van der Waals surface area contributed by atoms with Crippen LogP contribution in [-0.4, -0.2) is 46.1 Å². The topological polar surface area (TPSA) is 86.8 Å². The number of imide groups is 2. The minimum absolute atomic E-state index is 0.00297. The summed E-state index contributed by atoms with van der Waals surface area (Å²) in [4.78, 5) is 51.7. The molecular weight excluding hydrogens is 370 g/mol. The van der Waals surface area contributed by atoms with Crippen molar-refractivity contribution in [2.45, 2.75) is 64.8 Å². The molecule has 156 valence electrons. The van der Waals surface area contributed by atoms with E-state index in [1.165, 1.54) is 0 Å². The summed E-state index contributed by atoms with van der Waals surface area (Å²) >= 11 is 0. The summed E-state index contributed by atoms with van der Waals surface area (Å²) < 4.78 is 0. The predicted octanol–water partition coefficient (Wildman–Crippen LogP) is 3.29. The molecule has 1 N–H and O–H groups in total. The number of nitrogens with zero attached hydrogens (tertiary/aromatic N) is 2. The normalized spacial score (nSPS) is 23.0. The van der Waals surface area contributed by atoms with E-state index in [9.17, 15) is 19.2 Å². The van der Waals surface area contributed by atoms with E-state index in [0.29, 0.717) is 12.1 Å². The van der Waals surface area contributed by atoms with Crippen LogP contribution in [0, 0.1) is 5.92 Å². The first kappa shape index (κ1) is 21.0. The summed E-state index contributed by atoms with van der Waals surface area (Å²) in [5.74, 6) is -2.11. The fraction of sp³-hybridized carbons (Fsp3) is 0.545. The molecule has 1 aliphatic heterocycles. The molecule has 0 aromatic heterocycles.